The Hall–Kier alpha value is -1.82. The Morgan fingerprint density at radius 3 is 2.75 bits per heavy atom. The Morgan fingerprint density at radius 2 is 2.08 bits per heavy atom. The Balaban J connectivity index is 1.58. The van der Waals surface area contributed by atoms with Crippen LogP contribution in [-0.4, -0.2) is 26.4 Å². The number of hydrogen-bond acceptors (Lipinski definition) is 4. The van der Waals surface area contributed by atoms with E-state index in [9.17, 15) is 4.79 Å². The summed E-state index contributed by atoms with van der Waals surface area (Å²) in [5.41, 5.74) is 1.16. The van der Waals surface area contributed by atoms with Crippen LogP contribution in [-0.2, 0) is 4.79 Å². The van der Waals surface area contributed by atoms with Crippen molar-refractivity contribution >= 4 is 17.7 Å². The highest BCUT2D eigenvalue weighted by Crippen LogP contribution is 2.37. The van der Waals surface area contributed by atoms with Gasteiger partial charge in [-0.2, -0.15) is 0 Å². The first-order valence-electron chi connectivity index (χ1n) is 8.50. The summed E-state index contributed by atoms with van der Waals surface area (Å²) >= 11 is 1.46. The molecule has 1 amide bonds. The molecule has 1 aliphatic carbocycles. The summed E-state index contributed by atoms with van der Waals surface area (Å²) < 4.78 is 2.08. The third kappa shape index (κ3) is 4.60. The molecular formula is C18H24N4OS. The molecule has 0 aliphatic heterocycles. The van der Waals surface area contributed by atoms with Gasteiger partial charge in [-0.25, -0.2) is 0 Å². The summed E-state index contributed by atoms with van der Waals surface area (Å²) in [6.45, 7) is 4.35. The topological polar surface area (TPSA) is 59.8 Å². The van der Waals surface area contributed by atoms with Crippen molar-refractivity contribution in [3.63, 3.8) is 0 Å². The second-order valence-corrected chi connectivity index (χ2v) is 7.64. The summed E-state index contributed by atoms with van der Waals surface area (Å²) in [6.07, 6.45) is 5.06. The number of thioether (sulfide) groups is 1. The van der Waals surface area contributed by atoms with Crippen LogP contribution in [0.4, 0.5) is 0 Å². The van der Waals surface area contributed by atoms with Crippen molar-refractivity contribution in [3.05, 3.63) is 42.2 Å². The molecule has 1 N–H and O–H groups in total. The largest absolute Gasteiger partial charge is 0.349 e. The predicted octanol–water partition coefficient (Wildman–Crippen LogP) is 3.61. The first-order valence-corrected chi connectivity index (χ1v) is 9.48. The third-order valence-corrected chi connectivity index (χ3v) is 5.01. The second kappa shape index (κ2) is 7.83. The van der Waals surface area contributed by atoms with Gasteiger partial charge in [-0.15, -0.1) is 10.2 Å². The van der Waals surface area contributed by atoms with E-state index in [1.54, 1.807) is 6.33 Å². The quantitative estimate of drug-likeness (QED) is 0.743. The van der Waals surface area contributed by atoms with Crippen molar-refractivity contribution in [2.75, 3.05) is 5.75 Å². The highest BCUT2D eigenvalue weighted by Gasteiger charge is 2.26. The van der Waals surface area contributed by atoms with Crippen LogP contribution >= 0.6 is 11.8 Å². The molecule has 6 heteroatoms. The molecule has 0 bridgehead atoms. The first kappa shape index (κ1) is 17.0. The standard InChI is InChI=1S/C18H24N4OS/c1-13(2)10-16(14-6-4-3-5-7-14)20-17(23)11-24-18-21-19-12-22(18)15-8-9-15/h3-7,12-13,15-16H,8-11H2,1-2H3,(H,20,23). The number of rotatable bonds is 8. The van der Waals surface area contributed by atoms with E-state index in [1.807, 2.05) is 18.2 Å². The van der Waals surface area contributed by atoms with E-state index in [2.05, 4.69) is 46.1 Å². The fourth-order valence-corrected chi connectivity index (χ4v) is 3.53. The lowest BCUT2D eigenvalue weighted by molar-refractivity contribution is -0.119. The molecule has 24 heavy (non-hydrogen) atoms. The smallest absolute Gasteiger partial charge is 0.230 e. The van der Waals surface area contributed by atoms with E-state index in [1.165, 1.54) is 24.6 Å². The van der Waals surface area contributed by atoms with Crippen LogP contribution in [0.5, 0.6) is 0 Å². The Kier molecular flexibility index (Phi) is 5.56. The Bertz CT molecular complexity index is 667. The molecular weight excluding hydrogens is 320 g/mol. The number of aromatic nitrogens is 3. The molecule has 5 nitrogen and oxygen atoms in total. The molecule has 1 atom stereocenters. The zero-order chi connectivity index (χ0) is 16.9. The van der Waals surface area contributed by atoms with Crippen LogP contribution in [0.1, 0.15) is 50.8 Å². The van der Waals surface area contributed by atoms with Crippen LogP contribution in [0.25, 0.3) is 0 Å². The average molecular weight is 344 g/mol. The van der Waals surface area contributed by atoms with Crippen molar-refractivity contribution in [1.29, 1.82) is 0 Å². The van der Waals surface area contributed by atoms with Gasteiger partial charge in [0.25, 0.3) is 0 Å². The summed E-state index contributed by atoms with van der Waals surface area (Å²) in [4.78, 5) is 12.4. The number of carbonyl (C=O) groups is 1. The molecule has 0 saturated heterocycles. The summed E-state index contributed by atoms with van der Waals surface area (Å²) in [5.74, 6) is 0.924. The van der Waals surface area contributed by atoms with E-state index in [0.717, 1.165) is 17.1 Å². The Labute approximate surface area is 147 Å². The second-order valence-electron chi connectivity index (χ2n) is 6.70. The van der Waals surface area contributed by atoms with Gasteiger partial charge in [-0.3, -0.25) is 4.79 Å². The van der Waals surface area contributed by atoms with Crippen molar-refractivity contribution in [1.82, 2.24) is 20.1 Å². The van der Waals surface area contributed by atoms with Gasteiger partial charge in [0.1, 0.15) is 6.33 Å². The highest BCUT2D eigenvalue weighted by molar-refractivity contribution is 7.99. The first-order chi connectivity index (χ1) is 11.6. The molecule has 1 aromatic heterocycles. The Morgan fingerprint density at radius 1 is 1.33 bits per heavy atom. The zero-order valence-corrected chi connectivity index (χ0v) is 15.0. The maximum atomic E-state index is 12.4. The number of nitrogens with one attached hydrogen (secondary N) is 1. The minimum absolute atomic E-state index is 0.0415. The molecule has 0 radical (unpaired) electrons. The van der Waals surface area contributed by atoms with Gasteiger partial charge in [0, 0.05) is 6.04 Å². The molecule has 2 aromatic rings. The number of amides is 1. The molecule has 1 fully saturated rings. The SMILES string of the molecule is CC(C)CC(NC(=O)CSc1nncn1C1CC1)c1ccccc1. The molecule has 1 aliphatic rings. The van der Waals surface area contributed by atoms with E-state index in [4.69, 9.17) is 0 Å². The van der Waals surface area contributed by atoms with E-state index >= 15 is 0 Å². The van der Waals surface area contributed by atoms with Gasteiger partial charge >= 0.3 is 0 Å². The minimum Gasteiger partial charge on any atom is -0.349 e. The van der Waals surface area contributed by atoms with Crippen molar-refractivity contribution < 1.29 is 4.79 Å². The number of benzene rings is 1. The average Bonchev–Trinajstić information content (AvgIpc) is 3.31. The molecule has 1 saturated carbocycles. The molecule has 0 spiro atoms. The maximum Gasteiger partial charge on any atom is 0.230 e. The van der Waals surface area contributed by atoms with E-state index < -0.39 is 0 Å². The lowest BCUT2D eigenvalue weighted by Gasteiger charge is -2.21. The summed E-state index contributed by atoms with van der Waals surface area (Å²) in [6, 6.07) is 10.8. The maximum absolute atomic E-state index is 12.4. The van der Waals surface area contributed by atoms with Gasteiger partial charge in [0.05, 0.1) is 11.8 Å². The minimum atomic E-state index is 0.0415. The molecule has 3 rings (SSSR count). The number of carbonyl (C=O) groups excluding carboxylic acids is 1. The molecule has 128 valence electrons. The van der Waals surface area contributed by atoms with Gasteiger partial charge in [-0.1, -0.05) is 55.9 Å². The van der Waals surface area contributed by atoms with Gasteiger partial charge < -0.3 is 9.88 Å². The predicted molar refractivity (Wildman–Crippen MR) is 95.8 cm³/mol. The van der Waals surface area contributed by atoms with Crippen molar-refractivity contribution in [3.8, 4) is 0 Å². The monoisotopic (exact) mass is 344 g/mol. The van der Waals surface area contributed by atoms with Crippen molar-refractivity contribution in [2.45, 2.75) is 50.4 Å². The number of hydrogen-bond donors (Lipinski definition) is 1. The summed E-state index contributed by atoms with van der Waals surface area (Å²) in [5, 5.41) is 12.1. The third-order valence-electron chi connectivity index (χ3n) is 4.06. The van der Waals surface area contributed by atoms with Crippen LogP contribution in [0, 0.1) is 5.92 Å². The van der Waals surface area contributed by atoms with Gasteiger partial charge in [0.15, 0.2) is 5.16 Å². The molecule has 1 aromatic carbocycles. The molecule has 1 heterocycles. The van der Waals surface area contributed by atoms with Crippen LogP contribution in [0.2, 0.25) is 0 Å². The zero-order valence-electron chi connectivity index (χ0n) is 14.2. The fraction of sp³-hybridized carbons (Fsp3) is 0.500. The van der Waals surface area contributed by atoms with Crippen LogP contribution in [0.15, 0.2) is 41.8 Å². The van der Waals surface area contributed by atoms with Gasteiger partial charge in [-0.05, 0) is 30.7 Å². The highest BCUT2D eigenvalue weighted by atomic mass is 32.2. The lowest BCUT2D eigenvalue weighted by atomic mass is 9.97. The fourth-order valence-electron chi connectivity index (χ4n) is 2.74. The van der Waals surface area contributed by atoms with E-state index in [-0.39, 0.29) is 11.9 Å². The van der Waals surface area contributed by atoms with E-state index in [0.29, 0.717) is 17.7 Å². The van der Waals surface area contributed by atoms with Gasteiger partial charge in [0.2, 0.25) is 5.91 Å². The number of nitrogens with zero attached hydrogens (tertiary/aromatic N) is 3. The normalized spacial score (nSPS) is 15.5. The van der Waals surface area contributed by atoms with Crippen molar-refractivity contribution in [2.24, 2.45) is 5.92 Å². The van der Waals surface area contributed by atoms with Crippen LogP contribution in [0.3, 0.4) is 0 Å². The van der Waals surface area contributed by atoms with Crippen LogP contribution < -0.4 is 5.32 Å². The lowest BCUT2D eigenvalue weighted by Crippen LogP contribution is -2.31. The summed E-state index contributed by atoms with van der Waals surface area (Å²) in [7, 11) is 0. The molecule has 1 unspecified atom stereocenters.